The van der Waals surface area contributed by atoms with Gasteiger partial charge in [-0.1, -0.05) is 0 Å². The molecule has 0 fully saturated rings. The van der Waals surface area contributed by atoms with Gasteiger partial charge in [-0.3, -0.25) is 4.79 Å². The van der Waals surface area contributed by atoms with E-state index in [1.54, 1.807) is 0 Å². The van der Waals surface area contributed by atoms with Crippen LogP contribution in [0.2, 0.25) is 0 Å². The molecule has 0 saturated carbocycles. The Balaban J connectivity index is 0.000000640. The van der Waals surface area contributed by atoms with Crippen molar-refractivity contribution in [1.29, 1.82) is 0 Å². The number of hydrogen-bond donors (Lipinski definition) is 0. The first-order valence-electron chi connectivity index (χ1n) is 1.93. The summed E-state index contributed by atoms with van der Waals surface area (Å²) in [4.78, 5) is 10.0. The van der Waals surface area contributed by atoms with Gasteiger partial charge in [-0.15, -0.1) is 0 Å². The maximum Gasteiger partial charge on any atom is 1.00 e. The third-order valence-electron chi connectivity index (χ3n) is 0.631. The molecule has 5 nitrogen and oxygen atoms in total. The Bertz CT molecular complexity index is 184. The van der Waals surface area contributed by atoms with E-state index in [-0.39, 0.29) is 29.6 Å². The summed E-state index contributed by atoms with van der Waals surface area (Å²) in [7, 11) is 0. The van der Waals surface area contributed by atoms with Crippen LogP contribution < -0.4 is 29.6 Å². The second kappa shape index (κ2) is 3.60. The van der Waals surface area contributed by atoms with Crippen molar-refractivity contribution in [2.75, 3.05) is 0 Å². The maximum absolute atomic E-state index is 10.0. The molecule has 1 aromatic rings. The monoisotopic (exact) mass is 134 g/mol. The summed E-state index contributed by atoms with van der Waals surface area (Å²) in [5.41, 5.74) is 6.46. The van der Waals surface area contributed by atoms with Gasteiger partial charge in [0.25, 0.3) is 0 Å². The first-order chi connectivity index (χ1) is 3.80. The summed E-state index contributed by atoms with van der Waals surface area (Å²) < 4.78 is 0.833. The zero-order chi connectivity index (χ0) is 5.98. The molecule has 0 saturated heterocycles. The van der Waals surface area contributed by atoms with E-state index in [4.69, 9.17) is 5.73 Å². The Kier molecular flexibility index (Phi) is 3.44. The van der Waals surface area contributed by atoms with Crippen molar-refractivity contribution in [2.45, 2.75) is 0 Å². The van der Waals surface area contributed by atoms with Crippen molar-refractivity contribution < 1.29 is 34.4 Å². The summed E-state index contributed by atoms with van der Waals surface area (Å²) >= 11 is 0. The first kappa shape index (κ1) is 8.61. The second-order valence-corrected chi connectivity index (χ2v) is 1.15. The molecule has 6 heteroatoms. The van der Waals surface area contributed by atoms with Gasteiger partial charge < -0.3 is 10.4 Å². The number of rotatable bonds is 0. The van der Waals surface area contributed by atoms with Crippen molar-refractivity contribution in [2.24, 2.45) is 0 Å². The van der Waals surface area contributed by atoms with Gasteiger partial charge in [-0.25, -0.2) is 0 Å². The van der Waals surface area contributed by atoms with Gasteiger partial charge in [0.1, 0.15) is 0 Å². The molecule has 1 heterocycles. The molecule has 0 aromatic carbocycles. The molecule has 1 N–H and O–H groups in total. The SMILES string of the molecule is [NH-]C(=O)n1ccnn1.[Na+]. The van der Waals surface area contributed by atoms with Crippen LogP contribution in [0.4, 0.5) is 4.79 Å². The third-order valence-corrected chi connectivity index (χ3v) is 0.631. The van der Waals surface area contributed by atoms with E-state index in [1.165, 1.54) is 12.4 Å². The predicted molar refractivity (Wildman–Crippen MR) is 25.1 cm³/mol. The molecular formula is C3H3N4NaO. The molecule has 0 aliphatic rings. The van der Waals surface area contributed by atoms with E-state index in [0.717, 1.165) is 4.68 Å². The van der Waals surface area contributed by atoms with Gasteiger partial charge in [0.15, 0.2) is 6.03 Å². The number of hydrogen-bond acceptors (Lipinski definition) is 3. The van der Waals surface area contributed by atoms with E-state index in [1.807, 2.05) is 0 Å². The normalized spacial score (nSPS) is 8.00. The average Bonchev–Trinajstić information content (AvgIpc) is 2.12. The zero-order valence-corrected chi connectivity index (χ0v) is 6.90. The third kappa shape index (κ3) is 2.13. The van der Waals surface area contributed by atoms with Gasteiger partial charge in [-0.05, 0) is 6.20 Å². The molecule has 42 valence electrons. The summed E-state index contributed by atoms with van der Waals surface area (Å²) in [6, 6.07) is -0.873. The predicted octanol–water partition coefficient (Wildman–Crippen LogP) is -2.70. The Morgan fingerprint density at radius 2 is 2.33 bits per heavy atom. The number of nitrogens with zero attached hydrogens (tertiary/aromatic N) is 3. The van der Waals surface area contributed by atoms with Crippen molar-refractivity contribution in [1.82, 2.24) is 15.0 Å². The molecular weight excluding hydrogens is 131 g/mol. The molecule has 9 heavy (non-hydrogen) atoms. The minimum Gasteiger partial charge on any atom is -0.446 e. The molecule has 0 radical (unpaired) electrons. The van der Waals surface area contributed by atoms with Crippen LogP contribution in [0.3, 0.4) is 0 Å². The van der Waals surface area contributed by atoms with Gasteiger partial charge in [0, 0.05) is 6.20 Å². The number of carbonyl (C=O) groups excluding carboxylic acids is 1. The van der Waals surface area contributed by atoms with E-state index in [9.17, 15) is 4.79 Å². The standard InChI is InChI=1S/C3H4N4O.Na/c4-3(8)7-2-1-5-6-7;/h1-2H,(H2,4,8);/q;+1/p-1. The van der Waals surface area contributed by atoms with Crippen LogP contribution >= 0.6 is 0 Å². The van der Waals surface area contributed by atoms with E-state index in [0.29, 0.717) is 0 Å². The minimum atomic E-state index is -0.873. The number of nitrogens with one attached hydrogen (secondary N) is 1. The fourth-order valence-electron chi connectivity index (χ4n) is 0.317. The minimum absolute atomic E-state index is 0. The van der Waals surface area contributed by atoms with E-state index >= 15 is 0 Å². The first-order valence-corrected chi connectivity index (χ1v) is 1.93. The number of carbonyl (C=O) groups is 1. The number of amides is 1. The van der Waals surface area contributed by atoms with Gasteiger partial charge in [-0.2, -0.15) is 10.3 Å². The van der Waals surface area contributed by atoms with E-state index < -0.39 is 6.03 Å². The molecule has 0 atom stereocenters. The molecule has 0 unspecified atom stereocenters. The largest absolute Gasteiger partial charge is 1.00 e. The number of aromatic nitrogens is 3. The Morgan fingerprint density at radius 3 is 2.56 bits per heavy atom. The van der Waals surface area contributed by atoms with Crippen LogP contribution in [0.1, 0.15) is 0 Å². The quantitative estimate of drug-likeness (QED) is 0.362. The van der Waals surface area contributed by atoms with Gasteiger partial charge >= 0.3 is 29.6 Å². The smallest absolute Gasteiger partial charge is 0.446 e. The summed E-state index contributed by atoms with van der Waals surface area (Å²) in [5.74, 6) is 0. The summed E-state index contributed by atoms with van der Waals surface area (Å²) in [5, 5.41) is 6.56. The molecule has 1 rings (SSSR count). The Morgan fingerprint density at radius 1 is 1.67 bits per heavy atom. The second-order valence-electron chi connectivity index (χ2n) is 1.15. The molecule has 1 aromatic heterocycles. The summed E-state index contributed by atoms with van der Waals surface area (Å²) in [6.07, 6.45) is 2.65. The molecule has 0 spiro atoms. The molecule has 0 aliphatic carbocycles. The van der Waals surface area contributed by atoms with Crippen molar-refractivity contribution in [3.05, 3.63) is 18.1 Å². The molecule has 0 aliphatic heterocycles. The topological polar surface area (TPSA) is 71.6 Å². The van der Waals surface area contributed by atoms with Crippen LogP contribution in [0, 0.1) is 0 Å². The van der Waals surface area contributed by atoms with Crippen molar-refractivity contribution >= 4 is 6.03 Å². The molecule has 0 bridgehead atoms. The van der Waals surface area contributed by atoms with Gasteiger partial charge in [0.2, 0.25) is 0 Å². The van der Waals surface area contributed by atoms with Crippen molar-refractivity contribution in [3.63, 3.8) is 0 Å². The Hall–Kier alpha value is -0.390. The van der Waals surface area contributed by atoms with Crippen LogP contribution in [0.5, 0.6) is 0 Å². The van der Waals surface area contributed by atoms with Gasteiger partial charge in [0.05, 0.1) is 0 Å². The van der Waals surface area contributed by atoms with Crippen LogP contribution in [0.25, 0.3) is 5.73 Å². The van der Waals surface area contributed by atoms with E-state index in [2.05, 4.69) is 10.3 Å². The Labute approximate surface area is 73.5 Å². The summed E-state index contributed by atoms with van der Waals surface area (Å²) in [6.45, 7) is 0. The fraction of sp³-hybridized carbons (Fsp3) is 0. The maximum atomic E-state index is 10.0. The van der Waals surface area contributed by atoms with Crippen LogP contribution in [-0.4, -0.2) is 21.0 Å². The van der Waals surface area contributed by atoms with Crippen LogP contribution in [-0.2, 0) is 0 Å². The zero-order valence-electron chi connectivity index (χ0n) is 4.90. The average molecular weight is 134 g/mol. The molecule has 1 amide bonds. The van der Waals surface area contributed by atoms with Crippen molar-refractivity contribution in [3.8, 4) is 0 Å². The van der Waals surface area contributed by atoms with Crippen LogP contribution in [0.15, 0.2) is 12.4 Å². The fourth-order valence-corrected chi connectivity index (χ4v) is 0.317.